The molecule has 6 nitrogen and oxygen atoms in total. The van der Waals surface area contributed by atoms with Crippen molar-refractivity contribution in [2.45, 2.75) is 59.9 Å². The molecule has 0 unspecified atom stereocenters. The molecule has 2 aromatic heterocycles. The van der Waals surface area contributed by atoms with E-state index in [9.17, 15) is 9.59 Å². The highest BCUT2D eigenvalue weighted by atomic mass is 32.1. The number of carbonyl (C=O) groups is 1. The highest BCUT2D eigenvalue weighted by Gasteiger charge is 2.36. The lowest BCUT2D eigenvalue weighted by Crippen LogP contribution is -2.46. The van der Waals surface area contributed by atoms with Crippen LogP contribution in [0.15, 0.2) is 23.0 Å². The number of ether oxygens (including phenoxy) is 2. The number of rotatable bonds is 7. The van der Waals surface area contributed by atoms with Crippen LogP contribution in [0.25, 0.3) is 21.3 Å². The number of thiophene rings is 1. The summed E-state index contributed by atoms with van der Waals surface area (Å²) >= 11 is 1.51. The van der Waals surface area contributed by atoms with Crippen LogP contribution in [0.4, 0.5) is 0 Å². The first kappa shape index (κ1) is 23.0. The molecule has 166 valence electrons. The van der Waals surface area contributed by atoms with Gasteiger partial charge in [-0.3, -0.25) is 9.36 Å². The van der Waals surface area contributed by atoms with Gasteiger partial charge in [-0.15, -0.1) is 11.3 Å². The third-order valence-electron chi connectivity index (χ3n) is 5.46. The van der Waals surface area contributed by atoms with E-state index in [0.29, 0.717) is 22.5 Å². The number of aromatic nitrogens is 2. The van der Waals surface area contributed by atoms with Crippen molar-refractivity contribution in [1.29, 1.82) is 0 Å². The van der Waals surface area contributed by atoms with Gasteiger partial charge in [0.05, 0.1) is 19.1 Å². The number of hydrogen-bond acceptors (Lipinski definition) is 6. The molecule has 0 saturated heterocycles. The van der Waals surface area contributed by atoms with Crippen LogP contribution >= 0.6 is 11.3 Å². The summed E-state index contributed by atoms with van der Waals surface area (Å²) in [6, 6.07) is 5.89. The molecular weight excluding hydrogens is 412 g/mol. The van der Waals surface area contributed by atoms with E-state index in [1.807, 2.05) is 39.0 Å². The van der Waals surface area contributed by atoms with Gasteiger partial charge < -0.3 is 9.47 Å². The Labute approximate surface area is 186 Å². The lowest BCUT2D eigenvalue weighted by Gasteiger charge is -2.27. The molecule has 3 rings (SSSR count). The topological polar surface area (TPSA) is 70.4 Å². The quantitative estimate of drug-likeness (QED) is 0.482. The molecule has 0 saturated carbocycles. The number of esters is 1. The van der Waals surface area contributed by atoms with E-state index >= 15 is 0 Å². The SMILES string of the molecule is CCCc1nc2sc(C)c(-c3ccc(OC)c(C)c3)c2c(=O)n1C(C)(C)C(=O)OCC. The van der Waals surface area contributed by atoms with E-state index in [1.54, 1.807) is 27.9 Å². The minimum Gasteiger partial charge on any atom is -0.496 e. The van der Waals surface area contributed by atoms with Crippen molar-refractivity contribution in [3.8, 4) is 16.9 Å². The number of carbonyl (C=O) groups excluding carboxylic acids is 1. The lowest BCUT2D eigenvalue weighted by molar-refractivity contribution is -0.152. The molecule has 0 fully saturated rings. The van der Waals surface area contributed by atoms with Crippen molar-refractivity contribution >= 4 is 27.5 Å². The molecule has 0 spiro atoms. The minimum absolute atomic E-state index is 0.209. The van der Waals surface area contributed by atoms with Crippen molar-refractivity contribution in [2.24, 2.45) is 0 Å². The van der Waals surface area contributed by atoms with Gasteiger partial charge in [0.15, 0.2) is 0 Å². The summed E-state index contributed by atoms with van der Waals surface area (Å²) in [6.45, 7) is 11.5. The molecule has 0 N–H and O–H groups in total. The molecule has 0 bridgehead atoms. The summed E-state index contributed by atoms with van der Waals surface area (Å²) in [6.07, 6.45) is 1.41. The van der Waals surface area contributed by atoms with E-state index in [-0.39, 0.29) is 12.2 Å². The second kappa shape index (κ2) is 8.83. The Morgan fingerprint density at radius 3 is 2.52 bits per heavy atom. The molecule has 0 atom stereocenters. The predicted octanol–water partition coefficient (Wildman–Crippen LogP) is 5.00. The molecule has 7 heteroatoms. The largest absolute Gasteiger partial charge is 0.496 e. The van der Waals surface area contributed by atoms with Gasteiger partial charge in [-0.25, -0.2) is 9.78 Å². The average molecular weight is 443 g/mol. The van der Waals surface area contributed by atoms with E-state index in [1.165, 1.54) is 15.9 Å². The van der Waals surface area contributed by atoms with Crippen molar-refractivity contribution in [1.82, 2.24) is 9.55 Å². The summed E-state index contributed by atoms with van der Waals surface area (Å²) < 4.78 is 12.2. The molecule has 0 aliphatic rings. The van der Waals surface area contributed by atoms with Crippen LogP contribution in [0.2, 0.25) is 0 Å². The maximum Gasteiger partial charge on any atom is 0.331 e. The van der Waals surface area contributed by atoms with Gasteiger partial charge in [0.1, 0.15) is 21.9 Å². The molecule has 0 aliphatic carbocycles. The maximum absolute atomic E-state index is 13.9. The van der Waals surface area contributed by atoms with Crippen molar-refractivity contribution in [2.75, 3.05) is 13.7 Å². The van der Waals surface area contributed by atoms with Gasteiger partial charge in [0.2, 0.25) is 0 Å². The van der Waals surface area contributed by atoms with Crippen LogP contribution in [0.1, 0.15) is 50.4 Å². The summed E-state index contributed by atoms with van der Waals surface area (Å²) in [7, 11) is 1.64. The highest BCUT2D eigenvalue weighted by Crippen LogP contribution is 2.38. The molecule has 31 heavy (non-hydrogen) atoms. The fourth-order valence-electron chi connectivity index (χ4n) is 3.95. The van der Waals surface area contributed by atoms with Gasteiger partial charge in [-0.1, -0.05) is 13.0 Å². The third kappa shape index (κ3) is 3.99. The smallest absolute Gasteiger partial charge is 0.331 e. The van der Waals surface area contributed by atoms with Crippen LogP contribution in [-0.2, 0) is 21.5 Å². The first-order valence-corrected chi connectivity index (χ1v) is 11.4. The second-order valence-corrected chi connectivity index (χ2v) is 9.30. The predicted molar refractivity (Wildman–Crippen MR) is 125 cm³/mol. The Morgan fingerprint density at radius 1 is 1.23 bits per heavy atom. The zero-order valence-corrected chi connectivity index (χ0v) is 20.1. The summed E-state index contributed by atoms with van der Waals surface area (Å²) in [5, 5.41) is 0.546. The average Bonchev–Trinajstić information content (AvgIpc) is 3.04. The van der Waals surface area contributed by atoms with Crippen molar-refractivity contribution in [3.63, 3.8) is 0 Å². The molecule has 0 amide bonds. The van der Waals surface area contributed by atoms with Gasteiger partial charge in [0, 0.05) is 16.9 Å². The van der Waals surface area contributed by atoms with Crippen LogP contribution in [-0.4, -0.2) is 29.2 Å². The lowest BCUT2D eigenvalue weighted by atomic mass is 10.00. The van der Waals surface area contributed by atoms with Crippen LogP contribution in [0.5, 0.6) is 5.75 Å². The third-order valence-corrected chi connectivity index (χ3v) is 6.46. The number of fused-ring (bicyclic) bond motifs is 1. The normalized spacial score (nSPS) is 11.7. The van der Waals surface area contributed by atoms with Crippen LogP contribution < -0.4 is 10.3 Å². The molecule has 1 aromatic carbocycles. The number of aryl methyl sites for hydroxylation is 3. The summed E-state index contributed by atoms with van der Waals surface area (Å²) in [4.78, 5) is 33.2. The van der Waals surface area contributed by atoms with E-state index < -0.39 is 11.5 Å². The number of hydrogen-bond donors (Lipinski definition) is 0. The van der Waals surface area contributed by atoms with Crippen LogP contribution in [0.3, 0.4) is 0 Å². The fourth-order valence-corrected chi connectivity index (χ4v) is 5.01. The Morgan fingerprint density at radius 2 is 1.94 bits per heavy atom. The van der Waals surface area contributed by atoms with Gasteiger partial charge in [-0.2, -0.15) is 0 Å². The Kier molecular flexibility index (Phi) is 6.55. The number of methoxy groups -OCH3 is 1. The van der Waals surface area contributed by atoms with E-state index in [0.717, 1.165) is 33.7 Å². The first-order chi connectivity index (χ1) is 14.7. The number of benzene rings is 1. The Balaban J connectivity index is 2.36. The molecule has 2 heterocycles. The second-order valence-electron chi connectivity index (χ2n) is 8.10. The zero-order chi connectivity index (χ0) is 22.9. The van der Waals surface area contributed by atoms with Gasteiger partial charge >= 0.3 is 5.97 Å². The molecule has 0 aliphatic heterocycles. The fraction of sp³-hybridized carbons (Fsp3) is 0.458. The van der Waals surface area contributed by atoms with E-state index in [2.05, 4.69) is 0 Å². The van der Waals surface area contributed by atoms with Crippen LogP contribution in [0, 0.1) is 13.8 Å². The van der Waals surface area contributed by atoms with Crippen molar-refractivity contribution < 1.29 is 14.3 Å². The monoisotopic (exact) mass is 442 g/mol. The van der Waals surface area contributed by atoms with Gasteiger partial charge in [-0.05, 0) is 64.3 Å². The first-order valence-electron chi connectivity index (χ1n) is 10.5. The van der Waals surface area contributed by atoms with E-state index in [4.69, 9.17) is 14.5 Å². The molecule has 3 aromatic rings. The highest BCUT2D eigenvalue weighted by molar-refractivity contribution is 7.19. The van der Waals surface area contributed by atoms with Gasteiger partial charge in [0.25, 0.3) is 5.56 Å². The Hall–Kier alpha value is -2.67. The minimum atomic E-state index is -1.16. The molecular formula is C24H30N2O4S. The zero-order valence-electron chi connectivity index (χ0n) is 19.3. The number of nitrogens with zero attached hydrogens (tertiary/aromatic N) is 2. The standard InChI is InChI=1S/C24H30N2O4S/c1-8-10-18-25-21-20(22(27)26(18)24(5,6)23(28)30-9-2)19(15(4)31-21)16-11-12-17(29-7)14(3)13-16/h11-13H,8-10H2,1-7H3. The Bertz CT molecular complexity index is 1190. The summed E-state index contributed by atoms with van der Waals surface area (Å²) in [5.74, 6) is 0.964. The summed E-state index contributed by atoms with van der Waals surface area (Å²) in [5.41, 5.74) is 1.41. The maximum atomic E-state index is 13.9. The van der Waals surface area contributed by atoms with Crippen molar-refractivity contribution in [3.05, 3.63) is 44.8 Å². The molecule has 0 radical (unpaired) electrons.